The number of nitrogens with one attached hydrogen (secondary N) is 1. The van der Waals surface area contributed by atoms with E-state index < -0.39 is 29.0 Å². The molecule has 2 unspecified atom stereocenters. The third kappa shape index (κ3) is 5.62. The number of ether oxygens (including phenoxy) is 1. The zero-order valence-corrected chi connectivity index (χ0v) is 15.2. The molecule has 0 bridgehead atoms. The molecule has 2 rings (SSSR count). The van der Waals surface area contributed by atoms with Gasteiger partial charge in [-0.15, -0.1) is 0 Å². The number of nitrogens with two attached hydrogens (primary N) is 1. The van der Waals surface area contributed by atoms with Gasteiger partial charge in [0.25, 0.3) is 0 Å². The van der Waals surface area contributed by atoms with Crippen molar-refractivity contribution in [2.75, 3.05) is 17.7 Å². The second-order valence-corrected chi connectivity index (χ2v) is 7.44. The van der Waals surface area contributed by atoms with Gasteiger partial charge in [0.1, 0.15) is 5.75 Å². The first-order valence-electron chi connectivity index (χ1n) is 7.79. The van der Waals surface area contributed by atoms with Gasteiger partial charge in [-0.2, -0.15) is 13.2 Å². The summed E-state index contributed by atoms with van der Waals surface area (Å²) in [6.07, 6.45) is -3.08. The lowest BCUT2D eigenvalue weighted by Crippen LogP contribution is -2.23. The minimum Gasteiger partial charge on any atom is -0.484 e. The van der Waals surface area contributed by atoms with Crippen molar-refractivity contribution in [3.05, 3.63) is 47.8 Å². The Labute approximate surface area is 152 Å². The number of rotatable bonds is 7. The van der Waals surface area contributed by atoms with E-state index in [1.165, 1.54) is 12.3 Å². The SMILES string of the molecule is Cc1c(OCC(F)(F)F)ccnc1CS(=O)C(C)Nc1ccccc1N. The van der Waals surface area contributed by atoms with E-state index in [1.54, 1.807) is 32.0 Å². The number of aromatic nitrogens is 1. The van der Waals surface area contributed by atoms with Gasteiger partial charge in [0.05, 0.1) is 28.2 Å². The Morgan fingerprint density at radius 1 is 1.31 bits per heavy atom. The van der Waals surface area contributed by atoms with E-state index in [9.17, 15) is 17.4 Å². The quantitative estimate of drug-likeness (QED) is 0.710. The van der Waals surface area contributed by atoms with Crippen LogP contribution in [0.3, 0.4) is 0 Å². The number of alkyl halides is 3. The summed E-state index contributed by atoms with van der Waals surface area (Å²) in [6, 6.07) is 8.46. The van der Waals surface area contributed by atoms with Gasteiger partial charge in [0.15, 0.2) is 6.61 Å². The number of pyridine rings is 1. The lowest BCUT2D eigenvalue weighted by atomic mass is 10.2. The number of hydrogen-bond acceptors (Lipinski definition) is 5. The molecule has 26 heavy (non-hydrogen) atoms. The van der Waals surface area contributed by atoms with Crippen LogP contribution in [-0.4, -0.2) is 27.3 Å². The normalized spacial score (nSPS) is 13.9. The summed E-state index contributed by atoms with van der Waals surface area (Å²) in [4.78, 5) is 4.12. The minimum atomic E-state index is -4.42. The maximum Gasteiger partial charge on any atom is 0.422 e. The van der Waals surface area contributed by atoms with Gasteiger partial charge < -0.3 is 15.8 Å². The molecule has 0 aliphatic carbocycles. The highest BCUT2D eigenvalue weighted by atomic mass is 32.2. The number of nitrogen functional groups attached to an aromatic ring is 1. The molecule has 1 aromatic heterocycles. The van der Waals surface area contributed by atoms with Crippen molar-refractivity contribution in [1.82, 2.24) is 4.98 Å². The third-order valence-corrected chi connectivity index (χ3v) is 5.11. The van der Waals surface area contributed by atoms with Crippen molar-refractivity contribution >= 4 is 22.2 Å². The first-order valence-corrected chi connectivity index (χ1v) is 9.18. The van der Waals surface area contributed by atoms with E-state index in [0.29, 0.717) is 22.6 Å². The van der Waals surface area contributed by atoms with Crippen LogP contribution in [-0.2, 0) is 16.6 Å². The maximum atomic E-state index is 12.6. The van der Waals surface area contributed by atoms with Gasteiger partial charge in [-0.3, -0.25) is 9.19 Å². The molecule has 5 nitrogen and oxygen atoms in total. The summed E-state index contributed by atoms with van der Waals surface area (Å²) >= 11 is 0. The molecule has 0 aliphatic rings. The van der Waals surface area contributed by atoms with E-state index >= 15 is 0 Å². The van der Waals surface area contributed by atoms with E-state index in [4.69, 9.17) is 10.5 Å². The summed E-state index contributed by atoms with van der Waals surface area (Å²) in [5, 5.41) is 2.65. The molecule has 9 heteroatoms. The standard InChI is InChI=1S/C17H20F3N3O2S/c1-11-15(22-8-7-16(11)25-10-17(18,19)20)9-26(24)12(2)23-14-6-4-3-5-13(14)21/h3-8,12,23H,9-10,21H2,1-2H3. The van der Waals surface area contributed by atoms with Crippen LogP contribution in [0.4, 0.5) is 24.5 Å². The topological polar surface area (TPSA) is 77.2 Å². The molecule has 0 spiro atoms. The molecule has 0 saturated heterocycles. The molecule has 1 aromatic carbocycles. The van der Waals surface area contributed by atoms with Crippen molar-refractivity contribution < 1.29 is 22.1 Å². The zero-order valence-electron chi connectivity index (χ0n) is 14.3. The predicted octanol–water partition coefficient (Wildman–Crippen LogP) is 3.62. The van der Waals surface area contributed by atoms with Crippen LogP contribution in [0.1, 0.15) is 18.2 Å². The third-order valence-electron chi connectivity index (χ3n) is 3.64. The Kier molecular flexibility index (Phi) is 6.47. The monoisotopic (exact) mass is 387 g/mol. The Balaban J connectivity index is 2.05. The molecule has 2 atom stereocenters. The van der Waals surface area contributed by atoms with Crippen molar-refractivity contribution in [3.8, 4) is 5.75 Å². The minimum absolute atomic E-state index is 0.0793. The van der Waals surface area contributed by atoms with Crippen LogP contribution in [0, 0.1) is 6.92 Å². The maximum absolute atomic E-state index is 12.6. The molecule has 1 heterocycles. The van der Waals surface area contributed by atoms with E-state index in [0.717, 1.165) is 0 Å². The van der Waals surface area contributed by atoms with Crippen molar-refractivity contribution in [2.24, 2.45) is 0 Å². The fraction of sp³-hybridized carbons (Fsp3) is 0.353. The highest BCUT2D eigenvalue weighted by Gasteiger charge is 2.29. The van der Waals surface area contributed by atoms with E-state index in [2.05, 4.69) is 10.3 Å². The van der Waals surface area contributed by atoms with Gasteiger partial charge in [-0.25, -0.2) is 0 Å². The number of anilines is 2. The van der Waals surface area contributed by atoms with E-state index in [1.807, 2.05) is 6.07 Å². The molecular weight excluding hydrogens is 367 g/mol. The highest BCUT2D eigenvalue weighted by molar-refractivity contribution is 7.84. The number of benzene rings is 1. The highest BCUT2D eigenvalue weighted by Crippen LogP contribution is 2.25. The smallest absolute Gasteiger partial charge is 0.422 e. The van der Waals surface area contributed by atoms with Crippen molar-refractivity contribution in [3.63, 3.8) is 0 Å². The molecule has 0 amide bonds. The average Bonchev–Trinajstić information content (AvgIpc) is 2.56. The number of hydrogen-bond donors (Lipinski definition) is 2. The summed E-state index contributed by atoms with van der Waals surface area (Å²) < 4.78 is 54.3. The molecular formula is C17H20F3N3O2S. The summed E-state index contributed by atoms with van der Waals surface area (Å²) in [6.45, 7) is 1.95. The molecule has 2 aromatic rings. The van der Waals surface area contributed by atoms with Crippen LogP contribution < -0.4 is 15.8 Å². The van der Waals surface area contributed by atoms with Crippen molar-refractivity contribution in [2.45, 2.75) is 31.2 Å². The van der Waals surface area contributed by atoms with Crippen LogP contribution in [0.5, 0.6) is 5.75 Å². The molecule has 0 fully saturated rings. The first-order chi connectivity index (χ1) is 12.2. The fourth-order valence-corrected chi connectivity index (χ4v) is 3.26. The van der Waals surface area contributed by atoms with Crippen LogP contribution in [0.25, 0.3) is 0 Å². The number of para-hydroxylation sites is 2. The lowest BCUT2D eigenvalue weighted by molar-refractivity contribution is -0.153. The van der Waals surface area contributed by atoms with Gasteiger partial charge in [0.2, 0.25) is 0 Å². The van der Waals surface area contributed by atoms with Crippen LogP contribution in [0.2, 0.25) is 0 Å². The zero-order chi connectivity index (χ0) is 19.3. The molecule has 0 saturated carbocycles. The first kappa shape index (κ1) is 20.0. The van der Waals surface area contributed by atoms with E-state index in [-0.39, 0.29) is 11.5 Å². The average molecular weight is 387 g/mol. The number of halogens is 3. The van der Waals surface area contributed by atoms with Crippen LogP contribution >= 0.6 is 0 Å². The fourth-order valence-electron chi connectivity index (χ4n) is 2.19. The summed E-state index contributed by atoms with van der Waals surface area (Å²) in [5.41, 5.74) is 7.92. The molecule has 0 radical (unpaired) electrons. The van der Waals surface area contributed by atoms with Crippen LogP contribution in [0.15, 0.2) is 36.5 Å². The molecule has 0 aliphatic heterocycles. The van der Waals surface area contributed by atoms with Gasteiger partial charge in [0, 0.05) is 22.6 Å². The predicted molar refractivity (Wildman–Crippen MR) is 96.3 cm³/mol. The summed E-state index contributed by atoms with van der Waals surface area (Å²) in [5.74, 6) is 0.160. The largest absolute Gasteiger partial charge is 0.484 e. The lowest BCUT2D eigenvalue weighted by Gasteiger charge is -2.17. The van der Waals surface area contributed by atoms with Crippen molar-refractivity contribution in [1.29, 1.82) is 0 Å². The van der Waals surface area contributed by atoms with Gasteiger partial charge in [-0.1, -0.05) is 12.1 Å². The summed E-state index contributed by atoms with van der Waals surface area (Å²) in [7, 11) is -1.37. The second-order valence-electron chi connectivity index (χ2n) is 5.68. The Bertz CT molecular complexity index is 784. The Hall–Kier alpha value is -2.29. The molecule has 142 valence electrons. The molecule has 3 N–H and O–H groups in total. The van der Waals surface area contributed by atoms with Gasteiger partial charge in [-0.05, 0) is 32.0 Å². The number of nitrogens with zero attached hydrogens (tertiary/aromatic N) is 1. The van der Waals surface area contributed by atoms with Gasteiger partial charge >= 0.3 is 6.18 Å². The second kappa shape index (κ2) is 8.39. The Morgan fingerprint density at radius 3 is 2.65 bits per heavy atom. The Morgan fingerprint density at radius 2 is 2.00 bits per heavy atom.